The first-order chi connectivity index (χ1) is 8.15. The quantitative estimate of drug-likeness (QED) is 0.871. The van der Waals surface area contributed by atoms with Crippen molar-refractivity contribution in [2.24, 2.45) is 5.73 Å². The molecule has 1 aromatic heterocycles. The minimum atomic E-state index is -0.613. The van der Waals surface area contributed by atoms with Gasteiger partial charge < -0.3 is 10.5 Å². The molecule has 0 saturated carbocycles. The molecule has 0 fully saturated rings. The minimum absolute atomic E-state index is 0.0570. The molecule has 0 radical (unpaired) electrons. The van der Waals surface area contributed by atoms with Crippen molar-refractivity contribution >= 4 is 5.91 Å². The van der Waals surface area contributed by atoms with Crippen LogP contribution in [0.25, 0.3) is 0 Å². The number of hydrogen-bond donors (Lipinski definition) is 1. The summed E-state index contributed by atoms with van der Waals surface area (Å²) < 4.78 is 17.9. The van der Waals surface area contributed by atoms with Gasteiger partial charge in [-0.2, -0.15) is 0 Å². The molecule has 0 aliphatic heterocycles. The third-order valence-electron chi connectivity index (χ3n) is 1.94. The van der Waals surface area contributed by atoms with Crippen LogP contribution in [-0.2, 0) is 0 Å². The Hall–Kier alpha value is -2.50. The van der Waals surface area contributed by atoms with Gasteiger partial charge in [0.1, 0.15) is 11.6 Å². The van der Waals surface area contributed by atoms with Crippen molar-refractivity contribution < 1.29 is 13.9 Å². The van der Waals surface area contributed by atoms with Crippen LogP contribution in [0.2, 0.25) is 0 Å². The first kappa shape index (κ1) is 11.0. The molecule has 2 aromatic rings. The van der Waals surface area contributed by atoms with Gasteiger partial charge >= 0.3 is 6.01 Å². The number of aromatic nitrogens is 2. The number of carbonyl (C=O) groups is 1. The van der Waals surface area contributed by atoms with E-state index < -0.39 is 5.91 Å². The van der Waals surface area contributed by atoms with Crippen LogP contribution in [0.3, 0.4) is 0 Å². The molecule has 2 N–H and O–H groups in total. The second-order valence-electron chi connectivity index (χ2n) is 3.17. The molecule has 0 atom stereocenters. The van der Waals surface area contributed by atoms with Crippen molar-refractivity contribution in [1.29, 1.82) is 0 Å². The lowest BCUT2D eigenvalue weighted by Crippen LogP contribution is -2.11. The Kier molecular flexibility index (Phi) is 2.95. The first-order valence-corrected chi connectivity index (χ1v) is 4.70. The summed E-state index contributed by atoms with van der Waals surface area (Å²) >= 11 is 0. The molecule has 0 saturated heterocycles. The van der Waals surface area contributed by atoms with Gasteiger partial charge in [0, 0.05) is 12.4 Å². The number of amides is 1. The second kappa shape index (κ2) is 4.56. The molecule has 5 nitrogen and oxygen atoms in total. The SMILES string of the molecule is NC(=O)c1cnc(Oc2ccc(F)cc2)nc1. The van der Waals surface area contributed by atoms with Crippen LogP contribution in [0.4, 0.5) is 4.39 Å². The van der Waals surface area contributed by atoms with E-state index in [-0.39, 0.29) is 17.4 Å². The summed E-state index contributed by atoms with van der Waals surface area (Å²) in [5.41, 5.74) is 5.22. The standard InChI is InChI=1S/C11H8FN3O2/c12-8-1-3-9(4-2-8)17-11-14-5-7(6-15-11)10(13)16/h1-6H,(H2,13,16). The van der Waals surface area contributed by atoms with Crippen LogP contribution in [0.5, 0.6) is 11.8 Å². The number of primary amides is 1. The number of halogens is 1. The molecule has 1 aromatic carbocycles. The highest BCUT2D eigenvalue weighted by Gasteiger charge is 2.04. The number of hydrogen-bond acceptors (Lipinski definition) is 4. The van der Waals surface area contributed by atoms with E-state index in [1.54, 1.807) is 0 Å². The smallest absolute Gasteiger partial charge is 0.321 e. The van der Waals surface area contributed by atoms with Crippen LogP contribution in [-0.4, -0.2) is 15.9 Å². The highest BCUT2D eigenvalue weighted by atomic mass is 19.1. The fourth-order valence-electron chi connectivity index (χ4n) is 1.10. The normalized spacial score (nSPS) is 9.94. The summed E-state index contributed by atoms with van der Waals surface area (Å²) in [4.78, 5) is 18.3. The van der Waals surface area contributed by atoms with Gasteiger partial charge in [-0.25, -0.2) is 14.4 Å². The molecule has 1 amide bonds. The summed E-state index contributed by atoms with van der Waals surface area (Å²) in [5, 5.41) is 0. The van der Waals surface area contributed by atoms with Crippen molar-refractivity contribution in [1.82, 2.24) is 9.97 Å². The molecule has 86 valence electrons. The lowest BCUT2D eigenvalue weighted by Gasteiger charge is -2.03. The second-order valence-corrected chi connectivity index (χ2v) is 3.17. The molecule has 0 bridgehead atoms. The zero-order valence-corrected chi connectivity index (χ0v) is 8.63. The fraction of sp³-hybridized carbons (Fsp3) is 0. The molecule has 0 aliphatic rings. The summed E-state index contributed by atoms with van der Waals surface area (Å²) in [7, 11) is 0. The van der Waals surface area contributed by atoms with Gasteiger partial charge in [-0.15, -0.1) is 0 Å². The Bertz CT molecular complexity index is 525. The predicted octanol–water partition coefficient (Wildman–Crippen LogP) is 1.51. The number of nitrogens with two attached hydrogens (primary N) is 1. The van der Waals surface area contributed by atoms with Gasteiger partial charge in [0.15, 0.2) is 0 Å². The third kappa shape index (κ3) is 2.75. The predicted molar refractivity (Wildman–Crippen MR) is 57.0 cm³/mol. The van der Waals surface area contributed by atoms with Crippen LogP contribution < -0.4 is 10.5 Å². The highest BCUT2D eigenvalue weighted by molar-refractivity contribution is 5.92. The van der Waals surface area contributed by atoms with E-state index in [0.29, 0.717) is 5.75 Å². The maximum atomic E-state index is 12.6. The molecule has 0 spiro atoms. The van der Waals surface area contributed by atoms with E-state index in [4.69, 9.17) is 10.5 Å². The molecule has 17 heavy (non-hydrogen) atoms. The lowest BCUT2D eigenvalue weighted by atomic mass is 10.3. The largest absolute Gasteiger partial charge is 0.424 e. The van der Waals surface area contributed by atoms with Gasteiger partial charge in [0.05, 0.1) is 5.56 Å². The average molecular weight is 233 g/mol. The Morgan fingerprint density at radius 3 is 2.29 bits per heavy atom. The molecule has 0 aliphatic carbocycles. The topological polar surface area (TPSA) is 78.1 Å². The van der Waals surface area contributed by atoms with Crippen molar-refractivity contribution in [3.63, 3.8) is 0 Å². The molecule has 0 unspecified atom stereocenters. The zero-order valence-electron chi connectivity index (χ0n) is 8.63. The van der Waals surface area contributed by atoms with E-state index in [0.717, 1.165) is 0 Å². The van der Waals surface area contributed by atoms with Gasteiger partial charge in [-0.1, -0.05) is 0 Å². The Morgan fingerprint density at radius 2 is 1.76 bits per heavy atom. The third-order valence-corrected chi connectivity index (χ3v) is 1.94. The van der Waals surface area contributed by atoms with Gasteiger partial charge in [0.2, 0.25) is 0 Å². The minimum Gasteiger partial charge on any atom is -0.424 e. The molecule has 1 heterocycles. The average Bonchev–Trinajstić information content (AvgIpc) is 2.33. The van der Waals surface area contributed by atoms with Gasteiger partial charge in [-0.05, 0) is 24.3 Å². The summed E-state index contributed by atoms with van der Waals surface area (Å²) in [5.74, 6) is -0.570. The first-order valence-electron chi connectivity index (χ1n) is 4.70. The Balaban J connectivity index is 2.13. The fourth-order valence-corrected chi connectivity index (χ4v) is 1.10. The number of benzene rings is 1. The van der Waals surface area contributed by atoms with Crippen LogP contribution in [0.1, 0.15) is 10.4 Å². The molecular weight excluding hydrogens is 225 g/mol. The van der Waals surface area contributed by atoms with Crippen LogP contribution >= 0.6 is 0 Å². The van der Waals surface area contributed by atoms with Crippen LogP contribution in [0, 0.1) is 5.82 Å². The number of carbonyl (C=O) groups excluding carboxylic acids is 1. The maximum absolute atomic E-state index is 12.6. The van der Waals surface area contributed by atoms with Crippen molar-refractivity contribution in [3.8, 4) is 11.8 Å². The van der Waals surface area contributed by atoms with Gasteiger partial charge in [-0.3, -0.25) is 4.79 Å². The van der Waals surface area contributed by atoms with Gasteiger partial charge in [0.25, 0.3) is 5.91 Å². The van der Waals surface area contributed by atoms with Crippen LogP contribution in [0.15, 0.2) is 36.7 Å². The van der Waals surface area contributed by atoms with Crippen molar-refractivity contribution in [2.45, 2.75) is 0 Å². The van der Waals surface area contributed by atoms with Crippen molar-refractivity contribution in [2.75, 3.05) is 0 Å². The molecular formula is C11H8FN3O2. The summed E-state index contributed by atoms with van der Waals surface area (Å²) in [6.07, 6.45) is 2.52. The lowest BCUT2D eigenvalue weighted by molar-refractivity contribution is 0.0999. The van der Waals surface area contributed by atoms with E-state index in [9.17, 15) is 9.18 Å². The molecule has 2 rings (SSSR count). The summed E-state index contributed by atoms with van der Waals surface area (Å²) in [6, 6.07) is 5.46. The number of nitrogens with zero attached hydrogens (tertiary/aromatic N) is 2. The van der Waals surface area contributed by atoms with Crippen molar-refractivity contribution in [3.05, 3.63) is 48.0 Å². The molecule has 6 heteroatoms. The zero-order chi connectivity index (χ0) is 12.3. The maximum Gasteiger partial charge on any atom is 0.321 e. The monoisotopic (exact) mass is 233 g/mol. The number of ether oxygens (including phenoxy) is 1. The number of rotatable bonds is 3. The highest BCUT2D eigenvalue weighted by Crippen LogP contribution is 2.17. The Labute approximate surface area is 96.1 Å². The Morgan fingerprint density at radius 1 is 1.18 bits per heavy atom. The van der Waals surface area contributed by atoms with E-state index in [1.807, 2.05) is 0 Å². The summed E-state index contributed by atoms with van der Waals surface area (Å²) in [6.45, 7) is 0. The van der Waals surface area contributed by atoms with E-state index in [2.05, 4.69) is 9.97 Å². The van der Waals surface area contributed by atoms with E-state index >= 15 is 0 Å². The van der Waals surface area contributed by atoms with E-state index in [1.165, 1.54) is 36.7 Å².